The minimum absolute atomic E-state index is 0.252. The molecule has 0 aliphatic carbocycles. The van der Waals surface area contributed by atoms with Crippen molar-refractivity contribution in [3.63, 3.8) is 0 Å². The molecule has 0 aromatic carbocycles. The van der Waals surface area contributed by atoms with Gasteiger partial charge < -0.3 is 13.6 Å². The van der Waals surface area contributed by atoms with Crippen LogP contribution in [0.15, 0.2) is 0 Å². The Labute approximate surface area is 407 Å². The molecule has 4 heteroatoms. The highest BCUT2D eigenvalue weighted by molar-refractivity contribution is 7.41. The van der Waals surface area contributed by atoms with Crippen molar-refractivity contribution >= 4 is 8.60 Å². The quantitative estimate of drug-likeness (QED) is 0.0449. The zero-order valence-electron chi connectivity index (χ0n) is 46.1. The smallest absolute Gasteiger partial charge is 0.306 e. The summed E-state index contributed by atoms with van der Waals surface area (Å²) in [4.78, 5) is 0. The SMILES string of the molecule is CCCCCCCCCCCCCCCCCC(C)(C)OP(OC(C)(C)CCCCCCCCCCCCCCCCC)OC(C)(C)CCCCCCCCCCCCCCCCC. The van der Waals surface area contributed by atoms with Crippen molar-refractivity contribution < 1.29 is 13.6 Å². The van der Waals surface area contributed by atoms with Crippen molar-refractivity contribution in [2.24, 2.45) is 0 Å². The highest BCUT2D eigenvalue weighted by Gasteiger charge is 2.35. The summed E-state index contributed by atoms with van der Waals surface area (Å²) >= 11 is 0. The van der Waals surface area contributed by atoms with E-state index in [0.717, 1.165) is 19.3 Å². The molecule has 0 saturated heterocycles. The predicted octanol–water partition coefficient (Wildman–Crippen LogP) is 23.4. The van der Waals surface area contributed by atoms with Crippen LogP contribution in [-0.2, 0) is 13.6 Å². The van der Waals surface area contributed by atoms with Gasteiger partial charge >= 0.3 is 8.60 Å². The van der Waals surface area contributed by atoms with Crippen LogP contribution in [0.1, 0.15) is 371 Å². The van der Waals surface area contributed by atoms with Gasteiger partial charge in [0.2, 0.25) is 0 Å². The molecule has 3 nitrogen and oxygen atoms in total. The minimum Gasteiger partial charge on any atom is -0.306 e. The number of hydrogen-bond donors (Lipinski definition) is 0. The molecule has 0 spiro atoms. The average Bonchev–Trinajstić information content (AvgIpc) is 3.24. The van der Waals surface area contributed by atoms with Crippen LogP contribution in [-0.4, -0.2) is 16.8 Å². The molecule has 0 bridgehead atoms. The second-order valence-electron chi connectivity index (χ2n) is 22.9. The van der Waals surface area contributed by atoms with E-state index in [1.165, 1.54) is 289 Å². The molecule has 64 heavy (non-hydrogen) atoms. The maximum Gasteiger partial charge on any atom is 0.334 e. The summed E-state index contributed by atoms with van der Waals surface area (Å²) in [6.45, 7) is 20.6. The molecule has 0 unspecified atom stereocenters. The van der Waals surface area contributed by atoms with Gasteiger partial charge in [-0.05, 0) is 60.8 Å². The average molecular weight is 924 g/mol. The molecular weight excluding hydrogens is 800 g/mol. The van der Waals surface area contributed by atoms with Crippen molar-refractivity contribution in [2.45, 2.75) is 387 Å². The Bertz CT molecular complexity index is 787. The van der Waals surface area contributed by atoms with Gasteiger partial charge in [-0.3, -0.25) is 0 Å². The third-order valence-electron chi connectivity index (χ3n) is 14.1. The Balaban J connectivity index is 4.66. The number of unbranched alkanes of at least 4 members (excludes halogenated alkanes) is 42. The number of hydrogen-bond acceptors (Lipinski definition) is 3. The van der Waals surface area contributed by atoms with Crippen LogP contribution in [0.4, 0.5) is 0 Å². The van der Waals surface area contributed by atoms with Gasteiger partial charge in [-0.15, -0.1) is 0 Å². The molecule has 0 radical (unpaired) electrons. The minimum atomic E-state index is -1.46. The molecule has 0 rings (SSSR count). The molecule has 0 aliphatic rings. The van der Waals surface area contributed by atoms with E-state index in [0.29, 0.717) is 0 Å². The topological polar surface area (TPSA) is 27.7 Å². The fourth-order valence-corrected chi connectivity index (χ4v) is 11.2. The molecule has 0 heterocycles. The van der Waals surface area contributed by atoms with Crippen LogP contribution in [0.2, 0.25) is 0 Å². The molecule has 0 amide bonds. The van der Waals surface area contributed by atoms with Gasteiger partial charge in [0.25, 0.3) is 0 Å². The first-order valence-electron chi connectivity index (χ1n) is 29.8. The van der Waals surface area contributed by atoms with Gasteiger partial charge in [-0.25, -0.2) is 0 Å². The van der Waals surface area contributed by atoms with E-state index >= 15 is 0 Å². The second-order valence-corrected chi connectivity index (χ2v) is 23.9. The lowest BCUT2D eigenvalue weighted by Crippen LogP contribution is -2.31. The van der Waals surface area contributed by atoms with Crippen molar-refractivity contribution in [3.8, 4) is 0 Å². The molecular formula is C60H123O3P. The summed E-state index contributed by atoms with van der Waals surface area (Å²) in [7, 11) is -1.46. The second kappa shape index (κ2) is 47.0. The van der Waals surface area contributed by atoms with Gasteiger partial charge in [0, 0.05) is 0 Å². The maximum absolute atomic E-state index is 6.91. The first-order chi connectivity index (χ1) is 31.0. The Morgan fingerprint density at radius 1 is 0.203 bits per heavy atom. The van der Waals surface area contributed by atoms with E-state index < -0.39 is 8.60 Å². The first kappa shape index (κ1) is 64.3. The molecule has 386 valence electrons. The fourth-order valence-electron chi connectivity index (χ4n) is 9.56. The van der Waals surface area contributed by atoms with Crippen molar-refractivity contribution in [2.75, 3.05) is 0 Å². The molecule has 0 saturated carbocycles. The standard InChI is InChI=1S/C60H123O3P/c1-10-13-16-19-22-25-28-31-34-37-40-43-46-49-52-55-58(4,5)61-64(62-59(6,7)56-53-50-47-44-41-38-35-32-29-26-23-20-17-14-11-2)63-60(8,9)57-54-51-48-45-42-39-36-33-30-27-24-21-18-15-12-3/h10-57H2,1-9H3. The predicted molar refractivity (Wildman–Crippen MR) is 291 cm³/mol. The van der Waals surface area contributed by atoms with Crippen molar-refractivity contribution in [1.82, 2.24) is 0 Å². The van der Waals surface area contributed by atoms with E-state index in [-0.39, 0.29) is 16.8 Å². The molecule has 0 aliphatic heterocycles. The van der Waals surface area contributed by atoms with Crippen LogP contribution >= 0.6 is 8.60 Å². The lowest BCUT2D eigenvalue weighted by Gasteiger charge is -2.38. The van der Waals surface area contributed by atoms with Gasteiger partial charge in [0.1, 0.15) is 0 Å². The van der Waals surface area contributed by atoms with Crippen LogP contribution < -0.4 is 0 Å². The third-order valence-corrected chi connectivity index (χ3v) is 16.0. The van der Waals surface area contributed by atoms with Gasteiger partial charge in [-0.1, -0.05) is 310 Å². The van der Waals surface area contributed by atoms with Gasteiger partial charge in [-0.2, -0.15) is 0 Å². The lowest BCUT2D eigenvalue weighted by atomic mass is 9.99. The van der Waals surface area contributed by atoms with E-state index in [1.54, 1.807) is 0 Å². The monoisotopic (exact) mass is 923 g/mol. The normalized spacial score (nSPS) is 12.7. The zero-order chi connectivity index (χ0) is 47.1. The van der Waals surface area contributed by atoms with Crippen LogP contribution in [0.5, 0.6) is 0 Å². The van der Waals surface area contributed by atoms with Crippen molar-refractivity contribution in [3.05, 3.63) is 0 Å². The Morgan fingerprint density at radius 2 is 0.328 bits per heavy atom. The maximum atomic E-state index is 6.91. The van der Waals surface area contributed by atoms with Crippen LogP contribution in [0, 0.1) is 0 Å². The van der Waals surface area contributed by atoms with E-state index in [2.05, 4.69) is 62.3 Å². The summed E-state index contributed by atoms with van der Waals surface area (Å²) in [5.41, 5.74) is -0.757. The molecule has 0 fully saturated rings. The number of rotatable bonds is 54. The highest BCUT2D eigenvalue weighted by atomic mass is 31.2. The van der Waals surface area contributed by atoms with Crippen LogP contribution in [0.25, 0.3) is 0 Å². The van der Waals surface area contributed by atoms with Gasteiger partial charge in [0.15, 0.2) is 0 Å². The fraction of sp³-hybridized carbons (Fsp3) is 1.00. The molecule has 0 aromatic rings. The van der Waals surface area contributed by atoms with E-state index in [1.807, 2.05) is 0 Å². The Morgan fingerprint density at radius 3 is 0.469 bits per heavy atom. The summed E-state index contributed by atoms with van der Waals surface area (Å²) in [5, 5.41) is 0. The van der Waals surface area contributed by atoms with Gasteiger partial charge in [0.05, 0.1) is 16.8 Å². The zero-order valence-corrected chi connectivity index (χ0v) is 47.0. The molecule has 0 aromatic heterocycles. The van der Waals surface area contributed by atoms with E-state index in [4.69, 9.17) is 13.6 Å². The largest absolute Gasteiger partial charge is 0.334 e. The van der Waals surface area contributed by atoms with E-state index in [9.17, 15) is 0 Å². The third kappa shape index (κ3) is 48.8. The lowest BCUT2D eigenvalue weighted by molar-refractivity contribution is -0.0228. The van der Waals surface area contributed by atoms with Crippen molar-refractivity contribution in [1.29, 1.82) is 0 Å². The van der Waals surface area contributed by atoms with Crippen LogP contribution in [0.3, 0.4) is 0 Å². The molecule has 0 atom stereocenters. The summed E-state index contributed by atoms with van der Waals surface area (Å²) in [6.07, 6.45) is 66.2. The Hall–Kier alpha value is 0.310. The first-order valence-corrected chi connectivity index (χ1v) is 30.9. The molecule has 0 N–H and O–H groups in total. The summed E-state index contributed by atoms with van der Waals surface area (Å²) < 4.78 is 20.7. The summed E-state index contributed by atoms with van der Waals surface area (Å²) in [6, 6.07) is 0. The highest BCUT2D eigenvalue weighted by Crippen LogP contribution is 2.52. The Kier molecular flexibility index (Phi) is 47.2. The summed E-state index contributed by atoms with van der Waals surface area (Å²) in [5.74, 6) is 0.